The smallest absolute Gasteiger partial charge is 0.345 e. The van der Waals surface area contributed by atoms with E-state index in [1.807, 2.05) is 12.3 Å². The summed E-state index contributed by atoms with van der Waals surface area (Å²) >= 11 is 8.79. The topological polar surface area (TPSA) is 38.3 Å². The molecule has 3 rings (SSSR count). The van der Waals surface area contributed by atoms with E-state index in [1.54, 1.807) is 11.8 Å². The van der Waals surface area contributed by atoms with Gasteiger partial charge in [0.2, 0.25) is 0 Å². The van der Waals surface area contributed by atoms with E-state index in [9.17, 15) is 4.79 Å². The van der Waals surface area contributed by atoms with Crippen molar-refractivity contribution in [3.05, 3.63) is 43.9 Å². The number of anilines is 1. The minimum absolute atomic E-state index is 0.269. The molecule has 0 atom stereocenters. The SMILES string of the molecule is CCOC(=O)C1=CS/C(=C2/C(=S)C(C)(C)Nc3ccc(C)cc32)S1. The summed E-state index contributed by atoms with van der Waals surface area (Å²) in [6, 6.07) is 6.34. The predicted molar refractivity (Wildman–Crippen MR) is 108 cm³/mol. The molecule has 2 aliphatic heterocycles. The summed E-state index contributed by atoms with van der Waals surface area (Å²) in [4.78, 5) is 13.5. The first-order chi connectivity index (χ1) is 11.3. The molecule has 0 saturated carbocycles. The largest absolute Gasteiger partial charge is 0.462 e. The molecule has 0 radical (unpaired) electrons. The number of carbonyl (C=O) groups excluding carboxylic acids is 1. The van der Waals surface area contributed by atoms with Crippen molar-refractivity contribution in [1.82, 2.24) is 0 Å². The minimum Gasteiger partial charge on any atom is -0.462 e. The normalized spacial score (nSPS) is 21.8. The van der Waals surface area contributed by atoms with Gasteiger partial charge in [-0.25, -0.2) is 4.79 Å². The van der Waals surface area contributed by atoms with Crippen molar-refractivity contribution < 1.29 is 9.53 Å². The zero-order valence-electron chi connectivity index (χ0n) is 14.1. The molecule has 1 aromatic rings. The van der Waals surface area contributed by atoms with E-state index < -0.39 is 0 Å². The molecular weight excluding hydrogens is 358 g/mol. The number of thiocarbonyl (C=S) groups is 1. The third-order valence-corrected chi connectivity index (χ3v) is 6.91. The molecule has 0 amide bonds. The summed E-state index contributed by atoms with van der Waals surface area (Å²) in [7, 11) is 0. The number of benzene rings is 1. The van der Waals surface area contributed by atoms with E-state index in [4.69, 9.17) is 17.0 Å². The van der Waals surface area contributed by atoms with Crippen LogP contribution in [0.3, 0.4) is 0 Å². The molecule has 0 saturated heterocycles. The molecule has 0 bridgehead atoms. The Balaban J connectivity index is 2.06. The number of hydrogen-bond acceptors (Lipinski definition) is 6. The summed E-state index contributed by atoms with van der Waals surface area (Å²) in [5, 5.41) is 5.38. The summed E-state index contributed by atoms with van der Waals surface area (Å²) in [6.45, 7) is 8.44. The third-order valence-electron chi connectivity index (χ3n) is 3.84. The molecule has 2 heterocycles. The van der Waals surface area contributed by atoms with Crippen LogP contribution in [0.1, 0.15) is 31.9 Å². The first-order valence-corrected chi connectivity index (χ1v) is 9.84. The number of ether oxygens (including phenoxy) is 1. The molecule has 0 aliphatic carbocycles. The maximum absolute atomic E-state index is 12.0. The molecule has 1 aromatic carbocycles. The van der Waals surface area contributed by atoms with Crippen molar-refractivity contribution in [2.75, 3.05) is 11.9 Å². The zero-order valence-corrected chi connectivity index (χ0v) is 16.5. The second kappa shape index (κ2) is 6.58. The van der Waals surface area contributed by atoms with Gasteiger partial charge in [0.05, 0.1) is 16.4 Å². The summed E-state index contributed by atoms with van der Waals surface area (Å²) in [6.07, 6.45) is 0. The Morgan fingerprint density at radius 2 is 2.12 bits per heavy atom. The molecule has 24 heavy (non-hydrogen) atoms. The molecule has 0 aromatic heterocycles. The van der Waals surface area contributed by atoms with Crippen LogP contribution in [-0.4, -0.2) is 23.0 Å². The van der Waals surface area contributed by atoms with Gasteiger partial charge in [-0.3, -0.25) is 0 Å². The maximum Gasteiger partial charge on any atom is 0.345 e. The zero-order chi connectivity index (χ0) is 17.5. The van der Waals surface area contributed by atoms with Crippen LogP contribution in [0, 0.1) is 6.92 Å². The number of hydrogen-bond donors (Lipinski definition) is 1. The van der Waals surface area contributed by atoms with Gasteiger partial charge in [0, 0.05) is 21.7 Å². The number of esters is 1. The average molecular weight is 378 g/mol. The second-order valence-corrected chi connectivity index (χ2v) is 8.81. The third kappa shape index (κ3) is 3.15. The standard InChI is InChI=1S/C18H19NO2S3/c1-5-21-16(20)13-9-23-17(24-13)14-11-8-10(2)6-7-12(11)19-18(3,4)15(14)22/h6-9,19H,5H2,1-4H3/b17-14-. The molecule has 0 spiro atoms. The van der Waals surface area contributed by atoms with Crippen molar-refractivity contribution >= 4 is 57.8 Å². The van der Waals surface area contributed by atoms with Crippen LogP contribution in [0.5, 0.6) is 0 Å². The molecular formula is C18H19NO2S3. The number of nitrogens with one attached hydrogen (secondary N) is 1. The Bertz CT molecular complexity index is 793. The Morgan fingerprint density at radius 3 is 2.83 bits per heavy atom. The lowest BCUT2D eigenvalue weighted by atomic mass is 9.85. The van der Waals surface area contributed by atoms with E-state index in [0.717, 1.165) is 25.9 Å². The van der Waals surface area contributed by atoms with Crippen LogP contribution in [0.2, 0.25) is 0 Å². The fraction of sp³-hybridized carbons (Fsp3) is 0.333. The van der Waals surface area contributed by atoms with E-state index in [-0.39, 0.29) is 11.5 Å². The Labute approximate surface area is 156 Å². The highest BCUT2D eigenvalue weighted by Gasteiger charge is 2.36. The number of thioether (sulfide) groups is 2. The lowest BCUT2D eigenvalue weighted by Gasteiger charge is -2.37. The molecule has 6 heteroatoms. The van der Waals surface area contributed by atoms with Crippen molar-refractivity contribution in [2.45, 2.75) is 33.2 Å². The van der Waals surface area contributed by atoms with Crippen molar-refractivity contribution in [2.24, 2.45) is 0 Å². The van der Waals surface area contributed by atoms with Gasteiger partial charge in [-0.15, -0.1) is 0 Å². The highest BCUT2D eigenvalue weighted by atomic mass is 32.2. The lowest BCUT2D eigenvalue weighted by molar-refractivity contribution is -0.137. The van der Waals surface area contributed by atoms with Crippen LogP contribution in [0.25, 0.3) is 5.57 Å². The predicted octanol–water partition coefficient (Wildman–Crippen LogP) is 5.12. The lowest BCUT2D eigenvalue weighted by Crippen LogP contribution is -2.43. The van der Waals surface area contributed by atoms with Gasteiger partial charge in [-0.1, -0.05) is 47.4 Å². The quantitative estimate of drug-likeness (QED) is 0.438. The van der Waals surface area contributed by atoms with E-state index in [1.165, 1.54) is 17.3 Å². The van der Waals surface area contributed by atoms with E-state index >= 15 is 0 Å². The first kappa shape index (κ1) is 17.6. The highest BCUT2D eigenvalue weighted by molar-refractivity contribution is 8.28. The van der Waals surface area contributed by atoms with Crippen LogP contribution in [-0.2, 0) is 9.53 Å². The van der Waals surface area contributed by atoms with Gasteiger partial charge in [-0.2, -0.15) is 0 Å². The van der Waals surface area contributed by atoms with Crippen molar-refractivity contribution in [1.29, 1.82) is 0 Å². The molecule has 0 fully saturated rings. The summed E-state index contributed by atoms with van der Waals surface area (Å²) in [5.41, 5.74) is 4.11. The average Bonchev–Trinajstić information content (AvgIpc) is 2.99. The van der Waals surface area contributed by atoms with Gasteiger partial charge in [0.1, 0.15) is 4.91 Å². The Morgan fingerprint density at radius 1 is 1.38 bits per heavy atom. The number of aryl methyl sites for hydroxylation is 1. The molecule has 0 unspecified atom stereocenters. The van der Waals surface area contributed by atoms with Gasteiger partial charge >= 0.3 is 5.97 Å². The molecule has 1 N–H and O–H groups in total. The summed E-state index contributed by atoms with van der Waals surface area (Å²) in [5.74, 6) is -0.269. The van der Waals surface area contributed by atoms with Crippen LogP contribution >= 0.6 is 35.7 Å². The highest BCUT2D eigenvalue weighted by Crippen LogP contribution is 2.51. The van der Waals surface area contributed by atoms with Crippen LogP contribution in [0.15, 0.2) is 32.7 Å². The van der Waals surface area contributed by atoms with Crippen molar-refractivity contribution in [3.8, 4) is 0 Å². The molecule has 3 nitrogen and oxygen atoms in total. The minimum atomic E-state index is -0.312. The fourth-order valence-electron chi connectivity index (χ4n) is 2.66. The van der Waals surface area contributed by atoms with Crippen molar-refractivity contribution in [3.63, 3.8) is 0 Å². The first-order valence-electron chi connectivity index (χ1n) is 7.73. The Hall–Kier alpha value is -1.24. The number of fused-ring (bicyclic) bond motifs is 1. The van der Waals surface area contributed by atoms with Gasteiger partial charge < -0.3 is 10.1 Å². The second-order valence-electron chi connectivity index (χ2n) is 6.21. The fourth-order valence-corrected chi connectivity index (χ4v) is 5.29. The maximum atomic E-state index is 12.0. The molecule has 2 aliphatic rings. The molecule has 126 valence electrons. The van der Waals surface area contributed by atoms with E-state index in [2.05, 4.69) is 44.3 Å². The summed E-state index contributed by atoms with van der Waals surface area (Å²) < 4.78 is 6.15. The van der Waals surface area contributed by atoms with Gasteiger partial charge in [0.25, 0.3) is 0 Å². The van der Waals surface area contributed by atoms with Gasteiger partial charge in [-0.05, 0) is 45.2 Å². The Kier molecular flexibility index (Phi) is 4.82. The van der Waals surface area contributed by atoms with Crippen LogP contribution < -0.4 is 5.32 Å². The van der Waals surface area contributed by atoms with Crippen LogP contribution in [0.4, 0.5) is 5.69 Å². The van der Waals surface area contributed by atoms with E-state index in [0.29, 0.717) is 11.5 Å². The van der Waals surface area contributed by atoms with Gasteiger partial charge in [0.15, 0.2) is 0 Å². The number of rotatable bonds is 2. The monoisotopic (exact) mass is 377 g/mol. The number of carbonyl (C=O) groups is 1.